The number of hydrogen-bond donors (Lipinski definition) is 3. The minimum absolute atomic E-state index is 0.140. The number of aromatic nitrogens is 3. The number of anilines is 1. The number of thiophene rings is 1. The van der Waals surface area contributed by atoms with Gasteiger partial charge in [-0.3, -0.25) is 4.79 Å². The van der Waals surface area contributed by atoms with Crippen LogP contribution in [0, 0.1) is 0 Å². The van der Waals surface area contributed by atoms with E-state index in [1.165, 1.54) is 12.1 Å². The average molecular weight is 458 g/mol. The number of rotatable bonds is 8. The largest absolute Gasteiger partial charge is 0.477 e. The van der Waals surface area contributed by atoms with Crippen LogP contribution >= 0.6 is 11.3 Å². The van der Waals surface area contributed by atoms with E-state index in [4.69, 9.17) is 14.8 Å². The summed E-state index contributed by atoms with van der Waals surface area (Å²) in [6.45, 7) is 6.52. The summed E-state index contributed by atoms with van der Waals surface area (Å²) < 4.78 is 7.38. The number of ether oxygens (including phenoxy) is 1. The zero-order valence-electron chi connectivity index (χ0n) is 18.2. The highest BCUT2D eigenvalue weighted by molar-refractivity contribution is 7.15. The molecule has 0 atom stereocenters. The van der Waals surface area contributed by atoms with Crippen molar-refractivity contribution in [2.45, 2.75) is 52.2 Å². The lowest BCUT2D eigenvalue weighted by Crippen LogP contribution is -2.30. The van der Waals surface area contributed by atoms with Crippen molar-refractivity contribution in [1.29, 1.82) is 0 Å². The van der Waals surface area contributed by atoms with Crippen molar-refractivity contribution in [2.75, 3.05) is 18.5 Å². The van der Waals surface area contributed by atoms with Crippen LogP contribution in [0.3, 0.4) is 0 Å². The standard InChI is InChI=1S/C22H27N5O4S/c1-3-16-14(11-23-21(28)17-5-6-18(32-17)22(29)30)19(25-13-7-9-31-10-8-13)15-12-24-27(4-2)20(15)26-16/h5-6,12-13H,3-4,7-11H2,1-2H3,(H,23,28)(H,25,26)(H,29,30). The number of hydrogen-bond acceptors (Lipinski definition) is 7. The maximum atomic E-state index is 12.7. The highest BCUT2D eigenvalue weighted by atomic mass is 32.1. The van der Waals surface area contributed by atoms with E-state index in [0.29, 0.717) is 11.3 Å². The van der Waals surface area contributed by atoms with Crippen molar-refractivity contribution in [1.82, 2.24) is 20.1 Å². The highest BCUT2D eigenvalue weighted by Crippen LogP contribution is 2.31. The van der Waals surface area contributed by atoms with Gasteiger partial charge in [0.2, 0.25) is 0 Å². The van der Waals surface area contributed by atoms with Gasteiger partial charge in [-0.05, 0) is 38.3 Å². The fraction of sp³-hybridized carbons (Fsp3) is 0.455. The van der Waals surface area contributed by atoms with E-state index >= 15 is 0 Å². The van der Waals surface area contributed by atoms with Gasteiger partial charge in [-0.15, -0.1) is 11.3 Å². The molecule has 0 bridgehead atoms. The number of pyridine rings is 1. The second-order valence-corrected chi connectivity index (χ2v) is 8.73. The molecule has 4 rings (SSSR count). The maximum Gasteiger partial charge on any atom is 0.345 e. The topological polar surface area (TPSA) is 118 Å². The number of carboxylic acid groups (broad SMARTS) is 1. The van der Waals surface area contributed by atoms with Crippen molar-refractivity contribution >= 4 is 39.9 Å². The van der Waals surface area contributed by atoms with Gasteiger partial charge in [0.25, 0.3) is 5.91 Å². The number of amides is 1. The molecule has 0 saturated carbocycles. The number of nitrogens with one attached hydrogen (secondary N) is 2. The van der Waals surface area contributed by atoms with Crippen molar-refractivity contribution in [3.05, 3.63) is 39.3 Å². The van der Waals surface area contributed by atoms with E-state index in [0.717, 1.165) is 71.9 Å². The van der Waals surface area contributed by atoms with Crippen LogP contribution in [0.15, 0.2) is 18.3 Å². The number of fused-ring (bicyclic) bond motifs is 1. The average Bonchev–Trinajstić information content (AvgIpc) is 3.46. The molecule has 3 aromatic rings. The van der Waals surface area contributed by atoms with Gasteiger partial charge in [0.15, 0.2) is 5.65 Å². The van der Waals surface area contributed by atoms with Gasteiger partial charge in [-0.25, -0.2) is 14.5 Å². The lowest BCUT2D eigenvalue weighted by molar-refractivity contribution is 0.0702. The summed E-state index contributed by atoms with van der Waals surface area (Å²) in [4.78, 5) is 29.2. The minimum Gasteiger partial charge on any atom is -0.477 e. The van der Waals surface area contributed by atoms with Gasteiger partial charge in [0.1, 0.15) is 4.88 Å². The molecule has 1 aliphatic heterocycles. The zero-order chi connectivity index (χ0) is 22.7. The molecule has 10 heteroatoms. The van der Waals surface area contributed by atoms with E-state index in [-0.39, 0.29) is 23.4 Å². The first-order valence-electron chi connectivity index (χ1n) is 10.8. The predicted molar refractivity (Wildman–Crippen MR) is 122 cm³/mol. The Bertz CT molecular complexity index is 1130. The molecule has 9 nitrogen and oxygen atoms in total. The number of carbonyl (C=O) groups excluding carboxylic acids is 1. The molecule has 1 aliphatic rings. The molecule has 0 aromatic carbocycles. The first-order chi connectivity index (χ1) is 15.5. The first kappa shape index (κ1) is 22.2. The summed E-state index contributed by atoms with van der Waals surface area (Å²) in [5.41, 5.74) is 3.62. The molecule has 1 saturated heterocycles. The molecule has 0 radical (unpaired) electrons. The number of carboxylic acids is 1. The van der Waals surface area contributed by atoms with Gasteiger partial charge < -0.3 is 20.5 Å². The van der Waals surface area contributed by atoms with Crippen LogP contribution in [-0.4, -0.2) is 51.0 Å². The molecule has 3 aromatic heterocycles. The molecule has 1 amide bonds. The summed E-state index contributed by atoms with van der Waals surface area (Å²) in [7, 11) is 0. The summed E-state index contributed by atoms with van der Waals surface area (Å²) in [5.74, 6) is -1.33. The number of aromatic carboxylic acids is 1. The molecule has 0 aliphatic carbocycles. The number of nitrogens with zero attached hydrogens (tertiary/aromatic N) is 3. The van der Waals surface area contributed by atoms with Crippen molar-refractivity contribution < 1.29 is 19.4 Å². The first-order valence-corrected chi connectivity index (χ1v) is 11.7. The van der Waals surface area contributed by atoms with Crippen LogP contribution < -0.4 is 10.6 Å². The second-order valence-electron chi connectivity index (χ2n) is 7.65. The molecule has 4 heterocycles. The number of carbonyl (C=O) groups is 2. The van der Waals surface area contributed by atoms with Gasteiger partial charge in [0, 0.05) is 43.6 Å². The molecule has 32 heavy (non-hydrogen) atoms. The van der Waals surface area contributed by atoms with Gasteiger partial charge in [0.05, 0.1) is 22.1 Å². The van der Waals surface area contributed by atoms with Crippen LogP contribution in [0.5, 0.6) is 0 Å². The summed E-state index contributed by atoms with van der Waals surface area (Å²) >= 11 is 0.966. The minimum atomic E-state index is -1.03. The van der Waals surface area contributed by atoms with Crippen LogP contribution in [-0.2, 0) is 24.2 Å². The molecule has 0 spiro atoms. The van der Waals surface area contributed by atoms with Crippen LogP contribution in [0.4, 0.5) is 5.69 Å². The quantitative estimate of drug-likeness (QED) is 0.475. The molecule has 1 fully saturated rings. The van der Waals surface area contributed by atoms with E-state index < -0.39 is 5.97 Å². The van der Waals surface area contributed by atoms with E-state index in [2.05, 4.69) is 15.7 Å². The third kappa shape index (κ3) is 4.46. The molecule has 170 valence electrons. The molecule has 0 unspecified atom stereocenters. The smallest absolute Gasteiger partial charge is 0.345 e. The zero-order valence-corrected chi connectivity index (χ0v) is 19.0. The normalized spacial score (nSPS) is 14.6. The maximum absolute atomic E-state index is 12.7. The lowest BCUT2D eigenvalue weighted by Gasteiger charge is -2.26. The molecule has 3 N–H and O–H groups in total. The van der Waals surface area contributed by atoms with Crippen LogP contribution in [0.25, 0.3) is 11.0 Å². The third-order valence-corrected chi connectivity index (χ3v) is 6.71. The van der Waals surface area contributed by atoms with E-state index in [1.54, 1.807) is 0 Å². The fourth-order valence-electron chi connectivity index (χ4n) is 3.93. The van der Waals surface area contributed by atoms with Gasteiger partial charge in [-0.1, -0.05) is 6.92 Å². The molecular formula is C22H27N5O4S. The van der Waals surface area contributed by atoms with Crippen molar-refractivity contribution in [3.63, 3.8) is 0 Å². The Balaban J connectivity index is 1.66. The summed E-state index contributed by atoms with van der Waals surface area (Å²) in [6.07, 6.45) is 4.36. The Morgan fingerprint density at radius 3 is 2.66 bits per heavy atom. The lowest BCUT2D eigenvalue weighted by atomic mass is 10.0. The van der Waals surface area contributed by atoms with Crippen molar-refractivity contribution in [3.8, 4) is 0 Å². The van der Waals surface area contributed by atoms with E-state index in [1.807, 2.05) is 24.7 Å². The summed E-state index contributed by atoms with van der Waals surface area (Å²) in [6, 6.07) is 3.26. The predicted octanol–water partition coefficient (Wildman–Crippen LogP) is 3.29. The van der Waals surface area contributed by atoms with Gasteiger partial charge >= 0.3 is 5.97 Å². The van der Waals surface area contributed by atoms with Crippen LogP contribution in [0.1, 0.15) is 57.3 Å². The fourth-order valence-corrected chi connectivity index (χ4v) is 4.69. The number of aryl methyl sites for hydroxylation is 2. The molecular weight excluding hydrogens is 430 g/mol. The third-order valence-electron chi connectivity index (χ3n) is 5.64. The Morgan fingerprint density at radius 2 is 2.00 bits per heavy atom. The second kappa shape index (κ2) is 9.66. The highest BCUT2D eigenvalue weighted by Gasteiger charge is 2.22. The summed E-state index contributed by atoms with van der Waals surface area (Å²) in [5, 5.41) is 21.2. The van der Waals surface area contributed by atoms with Gasteiger partial charge in [-0.2, -0.15) is 5.10 Å². The van der Waals surface area contributed by atoms with Crippen LogP contribution in [0.2, 0.25) is 0 Å². The van der Waals surface area contributed by atoms with E-state index in [9.17, 15) is 9.59 Å². The SMILES string of the molecule is CCc1nc2c(cnn2CC)c(NC2CCOCC2)c1CNC(=O)c1ccc(C(=O)O)s1. The Hall–Kier alpha value is -2.98. The monoisotopic (exact) mass is 457 g/mol. The van der Waals surface area contributed by atoms with Crippen molar-refractivity contribution in [2.24, 2.45) is 0 Å². The Kier molecular flexibility index (Phi) is 6.71. The Morgan fingerprint density at radius 1 is 1.25 bits per heavy atom. The Labute approximate surface area is 189 Å².